The van der Waals surface area contributed by atoms with E-state index in [1.54, 1.807) is 31.5 Å². The van der Waals surface area contributed by atoms with E-state index >= 15 is 0 Å². The van der Waals surface area contributed by atoms with Gasteiger partial charge >= 0.3 is 0 Å². The number of nitrogens with one attached hydrogen (secondary N) is 2. The van der Waals surface area contributed by atoms with Gasteiger partial charge in [-0.3, -0.25) is 4.79 Å². The van der Waals surface area contributed by atoms with Crippen LogP contribution in [0.5, 0.6) is 5.75 Å². The maximum absolute atomic E-state index is 12.3. The molecule has 0 spiro atoms. The Morgan fingerprint density at radius 2 is 1.96 bits per heavy atom. The Kier molecular flexibility index (Phi) is 4.76. The molecule has 1 amide bonds. The first-order chi connectivity index (χ1) is 11.3. The molecule has 1 aliphatic rings. The lowest BCUT2D eigenvalue weighted by Gasteiger charge is -2.13. The molecule has 1 fully saturated rings. The maximum Gasteiger partial charge on any atom is 0.274 e. The predicted octanol–water partition coefficient (Wildman–Crippen LogP) is 3.70. The van der Waals surface area contributed by atoms with Gasteiger partial charge in [0.25, 0.3) is 5.91 Å². The van der Waals surface area contributed by atoms with Crippen LogP contribution in [0.3, 0.4) is 0 Å². The fourth-order valence-corrected chi connectivity index (χ4v) is 2.85. The third-order valence-corrected chi connectivity index (χ3v) is 4.08. The number of carbonyl (C=O) groups is 1. The zero-order valence-corrected chi connectivity index (χ0v) is 13.2. The molecule has 1 heterocycles. The molecule has 0 aliphatic heterocycles. The van der Waals surface area contributed by atoms with Crippen LogP contribution in [0, 0.1) is 0 Å². The lowest BCUT2D eigenvalue weighted by molar-refractivity contribution is 0.102. The molecule has 0 bridgehead atoms. The van der Waals surface area contributed by atoms with Crippen molar-refractivity contribution in [1.29, 1.82) is 0 Å². The van der Waals surface area contributed by atoms with Crippen LogP contribution in [-0.2, 0) is 0 Å². The van der Waals surface area contributed by atoms with Crippen molar-refractivity contribution in [2.45, 2.75) is 31.7 Å². The smallest absolute Gasteiger partial charge is 0.274 e. The van der Waals surface area contributed by atoms with Crippen LogP contribution in [0.1, 0.15) is 36.2 Å². The zero-order chi connectivity index (χ0) is 16.1. The second-order valence-electron chi connectivity index (χ2n) is 5.71. The van der Waals surface area contributed by atoms with E-state index in [1.807, 2.05) is 18.2 Å². The molecular formula is C18H21N3O2. The molecule has 1 aliphatic carbocycles. The quantitative estimate of drug-likeness (QED) is 0.884. The van der Waals surface area contributed by atoms with Crippen LogP contribution in [0.25, 0.3) is 0 Å². The molecule has 1 aromatic carbocycles. The van der Waals surface area contributed by atoms with E-state index in [4.69, 9.17) is 4.74 Å². The van der Waals surface area contributed by atoms with Gasteiger partial charge in [0, 0.05) is 6.04 Å². The highest BCUT2D eigenvalue weighted by Crippen LogP contribution is 2.24. The Bertz CT molecular complexity index is 664. The summed E-state index contributed by atoms with van der Waals surface area (Å²) in [6.07, 6.45) is 6.69. The Balaban J connectivity index is 1.65. The minimum Gasteiger partial charge on any atom is -0.495 e. The molecule has 0 radical (unpaired) electrons. The topological polar surface area (TPSA) is 63.2 Å². The number of pyridine rings is 1. The van der Waals surface area contributed by atoms with Crippen molar-refractivity contribution in [2.24, 2.45) is 0 Å². The minimum atomic E-state index is -0.248. The normalized spacial score (nSPS) is 14.5. The van der Waals surface area contributed by atoms with Gasteiger partial charge in [0.1, 0.15) is 11.4 Å². The summed E-state index contributed by atoms with van der Waals surface area (Å²) in [5.74, 6) is 0.377. The summed E-state index contributed by atoms with van der Waals surface area (Å²) >= 11 is 0. The molecule has 2 N–H and O–H groups in total. The Labute approximate surface area is 136 Å². The number of para-hydroxylation sites is 2. The highest BCUT2D eigenvalue weighted by molar-refractivity contribution is 6.03. The minimum absolute atomic E-state index is 0.248. The Morgan fingerprint density at radius 3 is 2.65 bits per heavy atom. The van der Waals surface area contributed by atoms with Crippen molar-refractivity contribution in [3.63, 3.8) is 0 Å². The van der Waals surface area contributed by atoms with Crippen LogP contribution < -0.4 is 15.4 Å². The lowest BCUT2D eigenvalue weighted by atomic mass is 10.2. The number of aromatic nitrogens is 1. The molecule has 3 rings (SSSR count). The van der Waals surface area contributed by atoms with E-state index in [0.717, 1.165) is 5.69 Å². The fourth-order valence-electron chi connectivity index (χ4n) is 2.85. The summed E-state index contributed by atoms with van der Waals surface area (Å²) in [5, 5.41) is 6.28. The molecule has 1 aromatic heterocycles. The van der Waals surface area contributed by atoms with Crippen LogP contribution in [0.4, 0.5) is 11.4 Å². The van der Waals surface area contributed by atoms with Crippen molar-refractivity contribution in [1.82, 2.24) is 4.98 Å². The second-order valence-corrected chi connectivity index (χ2v) is 5.71. The van der Waals surface area contributed by atoms with Gasteiger partial charge in [0.2, 0.25) is 0 Å². The predicted molar refractivity (Wildman–Crippen MR) is 91.1 cm³/mol. The number of anilines is 2. The summed E-state index contributed by atoms with van der Waals surface area (Å²) < 4.78 is 5.23. The number of rotatable bonds is 5. The first-order valence-corrected chi connectivity index (χ1v) is 7.93. The summed E-state index contributed by atoms with van der Waals surface area (Å²) in [7, 11) is 1.58. The summed E-state index contributed by atoms with van der Waals surface area (Å²) in [4.78, 5) is 16.5. The van der Waals surface area contributed by atoms with Crippen molar-refractivity contribution < 1.29 is 9.53 Å². The van der Waals surface area contributed by atoms with Gasteiger partial charge in [0.05, 0.1) is 24.7 Å². The monoisotopic (exact) mass is 311 g/mol. The van der Waals surface area contributed by atoms with E-state index in [2.05, 4.69) is 15.6 Å². The van der Waals surface area contributed by atoms with E-state index in [-0.39, 0.29) is 5.91 Å². The van der Waals surface area contributed by atoms with Crippen molar-refractivity contribution >= 4 is 17.3 Å². The Morgan fingerprint density at radius 1 is 1.17 bits per heavy atom. The highest BCUT2D eigenvalue weighted by atomic mass is 16.5. The average molecular weight is 311 g/mol. The number of hydrogen-bond acceptors (Lipinski definition) is 4. The van der Waals surface area contributed by atoms with E-state index in [0.29, 0.717) is 23.2 Å². The number of ether oxygens (including phenoxy) is 1. The standard InChI is InChI=1S/C18H21N3O2/c1-23-17-9-5-4-8-15(17)21-18(22)16-11-10-14(12-19-16)20-13-6-2-3-7-13/h4-5,8-13,20H,2-3,6-7H2,1H3,(H,21,22). The second kappa shape index (κ2) is 7.13. The zero-order valence-electron chi connectivity index (χ0n) is 13.2. The van der Waals surface area contributed by atoms with Gasteiger partial charge in [-0.05, 0) is 37.1 Å². The van der Waals surface area contributed by atoms with Gasteiger partial charge in [-0.15, -0.1) is 0 Å². The largest absolute Gasteiger partial charge is 0.495 e. The molecule has 1 saturated carbocycles. The molecular weight excluding hydrogens is 290 g/mol. The van der Waals surface area contributed by atoms with Crippen molar-refractivity contribution in [3.05, 3.63) is 48.3 Å². The van der Waals surface area contributed by atoms with Crippen LogP contribution in [0.2, 0.25) is 0 Å². The SMILES string of the molecule is COc1ccccc1NC(=O)c1ccc(NC2CCCC2)cn1. The fraction of sp³-hybridized carbons (Fsp3) is 0.333. The van der Waals surface area contributed by atoms with E-state index in [1.165, 1.54) is 25.7 Å². The lowest BCUT2D eigenvalue weighted by Crippen LogP contribution is -2.16. The number of hydrogen-bond donors (Lipinski definition) is 2. The number of benzene rings is 1. The first-order valence-electron chi connectivity index (χ1n) is 7.93. The third-order valence-electron chi connectivity index (χ3n) is 4.08. The molecule has 0 atom stereocenters. The maximum atomic E-state index is 12.3. The summed E-state index contributed by atoms with van der Waals surface area (Å²) in [6, 6.07) is 11.5. The number of amides is 1. The summed E-state index contributed by atoms with van der Waals surface area (Å²) in [6.45, 7) is 0. The first kappa shape index (κ1) is 15.3. The van der Waals surface area contributed by atoms with Crippen LogP contribution in [-0.4, -0.2) is 24.0 Å². The average Bonchev–Trinajstić information content (AvgIpc) is 3.09. The van der Waals surface area contributed by atoms with Gasteiger partial charge in [-0.1, -0.05) is 25.0 Å². The highest BCUT2D eigenvalue weighted by Gasteiger charge is 2.15. The number of carbonyl (C=O) groups excluding carboxylic acids is 1. The summed E-state index contributed by atoms with van der Waals surface area (Å²) in [5.41, 5.74) is 1.98. The molecule has 5 heteroatoms. The number of methoxy groups -OCH3 is 1. The molecule has 5 nitrogen and oxygen atoms in total. The van der Waals surface area contributed by atoms with Crippen LogP contribution in [0.15, 0.2) is 42.6 Å². The molecule has 0 saturated heterocycles. The molecule has 2 aromatic rings. The van der Waals surface area contributed by atoms with Gasteiger partial charge in [-0.2, -0.15) is 0 Å². The Hall–Kier alpha value is -2.56. The molecule has 23 heavy (non-hydrogen) atoms. The van der Waals surface area contributed by atoms with Crippen molar-refractivity contribution in [2.75, 3.05) is 17.7 Å². The third kappa shape index (κ3) is 3.80. The van der Waals surface area contributed by atoms with Gasteiger partial charge in [-0.25, -0.2) is 4.98 Å². The van der Waals surface area contributed by atoms with Crippen molar-refractivity contribution in [3.8, 4) is 5.75 Å². The van der Waals surface area contributed by atoms with Gasteiger partial charge < -0.3 is 15.4 Å². The van der Waals surface area contributed by atoms with E-state index in [9.17, 15) is 4.79 Å². The van der Waals surface area contributed by atoms with Gasteiger partial charge in [0.15, 0.2) is 0 Å². The van der Waals surface area contributed by atoms with E-state index < -0.39 is 0 Å². The van der Waals surface area contributed by atoms with Crippen LogP contribution >= 0.6 is 0 Å². The number of nitrogens with zero attached hydrogens (tertiary/aromatic N) is 1. The molecule has 120 valence electrons. The molecule has 0 unspecified atom stereocenters.